The molecule has 0 spiro atoms. The molecule has 0 unspecified atom stereocenters. The Labute approximate surface area is 186 Å². The normalized spacial score (nSPS) is 12.9. The Bertz CT molecular complexity index is 1250. The van der Waals surface area contributed by atoms with Gasteiger partial charge in [-0.15, -0.1) is 11.8 Å². The van der Waals surface area contributed by atoms with Gasteiger partial charge in [0.1, 0.15) is 17.0 Å². The van der Waals surface area contributed by atoms with E-state index in [1.54, 1.807) is 0 Å². The maximum Gasteiger partial charge on any atom is 0.153 e. The van der Waals surface area contributed by atoms with Crippen molar-refractivity contribution in [1.82, 2.24) is 4.98 Å². The molecule has 0 saturated heterocycles. The Morgan fingerprint density at radius 2 is 1.71 bits per heavy atom. The molecule has 0 N–H and O–H groups in total. The van der Waals surface area contributed by atoms with Gasteiger partial charge in [0, 0.05) is 21.6 Å². The van der Waals surface area contributed by atoms with Gasteiger partial charge >= 0.3 is 0 Å². The van der Waals surface area contributed by atoms with E-state index >= 15 is 0 Å². The van der Waals surface area contributed by atoms with Crippen LogP contribution >= 0.6 is 11.8 Å². The van der Waals surface area contributed by atoms with E-state index in [1.807, 2.05) is 73.3 Å². The SMILES string of the molecule is CCOc1ccccc1/C=C/c1nc2c(Oc3ccccc3)cccc2c2c1CCS2. The second-order valence-corrected chi connectivity index (χ2v) is 8.38. The molecule has 31 heavy (non-hydrogen) atoms. The number of aromatic nitrogens is 1. The van der Waals surface area contributed by atoms with Crippen LogP contribution in [0.2, 0.25) is 0 Å². The molecule has 0 radical (unpaired) electrons. The number of ether oxygens (including phenoxy) is 2. The summed E-state index contributed by atoms with van der Waals surface area (Å²) in [6.45, 7) is 2.65. The number of thioether (sulfide) groups is 1. The van der Waals surface area contributed by atoms with Crippen LogP contribution in [0, 0.1) is 0 Å². The Morgan fingerprint density at radius 3 is 2.58 bits per heavy atom. The topological polar surface area (TPSA) is 31.4 Å². The molecule has 0 fully saturated rings. The largest absolute Gasteiger partial charge is 0.493 e. The fourth-order valence-corrected chi connectivity index (χ4v) is 5.07. The molecule has 3 aromatic carbocycles. The molecule has 4 aromatic rings. The Balaban J connectivity index is 1.60. The third-order valence-electron chi connectivity index (χ3n) is 5.27. The molecule has 2 heterocycles. The Kier molecular flexibility index (Phi) is 5.63. The van der Waals surface area contributed by atoms with Gasteiger partial charge in [0.2, 0.25) is 0 Å². The van der Waals surface area contributed by atoms with Crippen LogP contribution in [0.5, 0.6) is 17.2 Å². The number of benzene rings is 3. The molecule has 0 saturated carbocycles. The predicted octanol–water partition coefficient (Wildman–Crippen LogP) is 7.24. The molecule has 1 aliphatic heterocycles. The predicted molar refractivity (Wildman–Crippen MR) is 129 cm³/mol. The summed E-state index contributed by atoms with van der Waals surface area (Å²) in [4.78, 5) is 6.39. The highest BCUT2D eigenvalue weighted by Crippen LogP contribution is 2.42. The number of rotatable bonds is 6. The molecule has 3 nitrogen and oxygen atoms in total. The summed E-state index contributed by atoms with van der Waals surface area (Å²) in [5.41, 5.74) is 4.28. The summed E-state index contributed by atoms with van der Waals surface area (Å²) in [6.07, 6.45) is 5.24. The van der Waals surface area contributed by atoms with Crippen LogP contribution in [0.4, 0.5) is 0 Å². The first-order chi connectivity index (χ1) is 15.3. The molecule has 1 aromatic heterocycles. The summed E-state index contributed by atoms with van der Waals surface area (Å²) in [7, 11) is 0. The summed E-state index contributed by atoms with van der Waals surface area (Å²) in [5, 5.41) is 1.16. The van der Waals surface area contributed by atoms with Gasteiger partial charge in [-0.05, 0) is 55.3 Å². The first kappa shape index (κ1) is 19.7. The van der Waals surface area contributed by atoms with Crippen molar-refractivity contribution in [1.29, 1.82) is 0 Å². The molecule has 0 amide bonds. The van der Waals surface area contributed by atoms with Crippen LogP contribution in [0.3, 0.4) is 0 Å². The van der Waals surface area contributed by atoms with Crippen LogP contribution < -0.4 is 9.47 Å². The highest BCUT2D eigenvalue weighted by molar-refractivity contribution is 7.99. The molecule has 0 bridgehead atoms. The van der Waals surface area contributed by atoms with Crippen molar-refractivity contribution in [2.75, 3.05) is 12.4 Å². The van der Waals surface area contributed by atoms with Gasteiger partial charge in [0.05, 0.1) is 12.3 Å². The lowest BCUT2D eigenvalue weighted by Gasteiger charge is -2.13. The lowest BCUT2D eigenvalue weighted by atomic mass is 10.0. The third kappa shape index (κ3) is 4.04. The van der Waals surface area contributed by atoms with Gasteiger partial charge in [-0.2, -0.15) is 0 Å². The number of hydrogen-bond donors (Lipinski definition) is 0. The third-order valence-corrected chi connectivity index (χ3v) is 6.43. The summed E-state index contributed by atoms with van der Waals surface area (Å²) < 4.78 is 12.0. The van der Waals surface area contributed by atoms with E-state index in [4.69, 9.17) is 14.5 Å². The molecule has 0 atom stereocenters. The van der Waals surface area contributed by atoms with Gasteiger partial charge in [-0.3, -0.25) is 0 Å². The fraction of sp³-hybridized carbons (Fsp3) is 0.148. The van der Waals surface area contributed by atoms with Crippen molar-refractivity contribution in [3.05, 3.63) is 89.6 Å². The van der Waals surface area contributed by atoms with Crippen LogP contribution in [0.15, 0.2) is 77.7 Å². The first-order valence-corrected chi connectivity index (χ1v) is 11.5. The average molecular weight is 426 g/mol. The smallest absolute Gasteiger partial charge is 0.153 e. The van der Waals surface area contributed by atoms with Crippen LogP contribution in [0.25, 0.3) is 23.1 Å². The lowest BCUT2D eigenvalue weighted by Crippen LogP contribution is -1.96. The quantitative estimate of drug-likeness (QED) is 0.326. The summed E-state index contributed by atoms with van der Waals surface area (Å²) in [6, 6.07) is 24.2. The van der Waals surface area contributed by atoms with E-state index in [-0.39, 0.29) is 0 Å². The minimum atomic E-state index is 0.644. The van der Waals surface area contributed by atoms with Crippen molar-refractivity contribution in [2.45, 2.75) is 18.2 Å². The first-order valence-electron chi connectivity index (χ1n) is 10.5. The molecule has 154 valence electrons. The number of hydrogen-bond acceptors (Lipinski definition) is 4. The van der Waals surface area contributed by atoms with Crippen molar-refractivity contribution in [3.8, 4) is 17.2 Å². The number of nitrogens with zero attached hydrogens (tertiary/aromatic N) is 1. The van der Waals surface area contributed by atoms with E-state index in [2.05, 4.69) is 30.4 Å². The number of fused-ring (bicyclic) bond motifs is 3. The Morgan fingerprint density at radius 1 is 0.903 bits per heavy atom. The second-order valence-electron chi connectivity index (χ2n) is 7.27. The van der Waals surface area contributed by atoms with E-state index in [0.717, 1.165) is 51.6 Å². The van der Waals surface area contributed by atoms with Crippen LogP contribution in [-0.2, 0) is 6.42 Å². The highest BCUT2D eigenvalue weighted by atomic mass is 32.2. The van der Waals surface area contributed by atoms with E-state index in [9.17, 15) is 0 Å². The second kappa shape index (κ2) is 8.86. The lowest BCUT2D eigenvalue weighted by molar-refractivity contribution is 0.339. The highest BCUT2D eigenvalue weighted by Gasteiger charge is 2.21. The molecule has 4 heteroatoms. The van der Waals surface area contributed by atoms with Crippen LogP contribution in [0.1, 0.15) is 23.7 Å². The zero-order chi connectivity index (χ0) is 21.0. The molecular formula is C27H23NO2S. The van der Waals surface area contributed by atoms with Crippen molar-refractivity contribution < 1.29 is 9.47 Å². The van der Waals surface area contributed by atoms with Crippen LogP contribution in [-0.4, -0.2) is 17.3 Å². The zero-order valence-electron chi connectivity index (χ0n) is 17.4. The standard InChI is InChI=1S/C27H23NO2S/c1-2-29-24-13-7-6-9-19(24)15-16-23-21-17-18-31-27(21)22-12-8-14-25(26(22)28-23)30-20-10-4-3-5-11-20/h3-16H,2,17-18H2,1H3/b16-15+. The van der Waals surface area contributed by atoms with Crippen molar-refractivity contribution in [2.24, 2.45) is 0 Å². The van der Waals surface area contributed by atoms with Gasteiger partial charge in [-0.25, -0.2) is 4.98 Å². The monoisotopic (exact) mass is 425 g/mol. The zero-order valence-corrected chi connectivity index (χ0v) is 18.2. The molecule has 5 rings (SSSR count). The number of para-hydroxylation sites is 3. The maximum atomic E-state index is 6.20. The maximum absolute atomic E-state index is 6.20. The van der Waals surface area contributed by atoms with Gasteiger partial charge in [0.15, 0.2) is 5.75 Å². The summed E-state index contributed by atoms with van der Waals surface area (Å²) in [5.74, 6) is 3.56. The van der Waals surface area contributed by atoms with E-state index < -0.39 is 0 Å². The van der Waals surface area contributed by atoms with Gasteiger partial charge in [0.25, 0.3) is 0 Å². The summed E-state index contributed by atoms with van der Waals surface area (Å²) >= 11 is 1.91. The Hall–Kier alpha value is -3.24. The van der Waals surface area contributed by atoms with Gasteiger partial charge < -0.3 is 9.47 Å². The van der Waals surface area contributed by atoms with Gasteiger partial charge in [-0.1, -0.05) is 48.5 Å². The minimum absolute atomic E-state index is 0.644. The van der Waals surface area contributed by atoms with Crippen molar-refractivity contribution >= 4 is 34.8 Å². The van der Waals surface area contributed by atoms with E-state index in [1.165, 1.54) is 10.5 Å². The average Bonchev–Trinajstić information content (AvgIpc) is 3.30. The molecular weight excluding hydrogens is 402 g/mol. The minimum Gasteiger partial charge on any atom is -0.493 e. The fourth-order valence-electron chi connectivity index (χ4n) is 3.86. The van der Waals surface area contributed by atoms with Crippen molar-refractivity contribution in [3.63, 3.8) is 0 Å². The van der Waals surface area contributed by atoms with E-state index in [0.29, 0.717) is 6.61 Å². The molecule has 1 aliphatic rings. The number of pyridine rings is 1. The molecule has 0 aliphatic carbocycles.